The highest BCUT2D eigenvalue weighted by molar-refractivity contribution is 6.30. The number of ether oxygens (including phenoxy) is 1. The van der Waals surface area contributed by atoms with Gasteiger partial charge in [-0.25, -0.2) is 9.78 Å². The standard InChI is InChI=1S/C25H31ClN4O4/c1-25(24(33)28-19-7-5-3-4-6-8-19)15-29-16-27-20(23(32)34-2)21(29)22(31)30(25)14-13-17-9-11-18(26)12-10-17/h9-12,16,19H,3-8,13-15H2,1-2H3,(H,28,33). The van der Waals surface area contributed by atoms with E-state index < -0.39 is 17.4 Å². The van der Waals surface area contributed by atoms with Crippen molar-refractivity contribution in [3.05, 3.63) is 52.6 Å². The van der Waals surface area contributed by atoms with Crippen LogP contribution in [-0.4, -0.2) is 57.5 Å². The number of methoxy groups -OCH3 is 1. The number of hydrogen-bond acceptors (Lipinski definition) is 5. The monoisotopic (exact) mass is 486 g/mol. The van der Waals surface area contributed by atoms with Crippen molar-refractivity contribution in [3.63, 3.8) is 0 Å². The van der Waals surface area contributed by atoms with Gasteiger partial charge in [0.05, 0.1) is 20.0 Å². The molecule has 2 aromatic rings. The zero-order chi connectivity index (χ0) is 24.3. The van der Waals surface area contributed by atoms with E-state index in [4.69, 9.17) is 16.3 Å². The molecule has 1 aromatic heterocycles. The maximum Gasteiger partial charge on any atom is 0.359 e. The number of hydrogen-bond donors (Lipinski definition) is 1. The van der Waals surface area contributed by atoms with Gasteiger partial charge < -0.3 is 19.5 Å². The van der Waals surface area contributed by atoms with E-state index in [1.54, 1.807) is 28.5 Å². The van der Waals surface area contributed by atoms with Crippen LogP contribution >= 0.6 is 11.6 Å². The molecule has 1 atom stereocenters. The summed E-state index contributed by atoms with van der Waals surface area (Å²) < 4.78 is 6.42. The number of carbonyl (C=O) groups is 3. The van der Waals surface area contributed by atoms with Crippen LogP contribution in [0.1, 0.15) is 72.0 Å². The quantitative estimate of drug-likeness (QED) is 0.497. The number of esters is 1. The topological polar surface area (TPSA) is 93.5 Å². The number of carbonyl (C=O) groups excluding carboxylic acids is 3. The Bertz CT molecular complexity index is 1060. The van der Waals surface area contributed by atoms with Crippen LogP contribution in [0.3, 0.4) is 0 Å². The van der Waals surface area contributed by atoms with Crippen molar-refractivity contribution in [2.75, 3.05) is 13.7 Å². The number of nitrogens with zero attached hydrogens (tertiary/aromatic N) is 3. The Morgan fingerprint density at radius 2 is 1.85 bits per heavy atom. The van der Waals surface area contributed by atoms with E-state index in [0.717, 1.165) is 31.2 Å². The van der Waals surface area contributed by atoms with Crippen LogP contribution in [0, 0.1) is 0 Å². The van der Waals surface area contributed by atoms with Crippen molar-refractivity contribution >= 4 is 29.4 Å². The molecule has 0 spiro atoms. The van der Waals surface area contributed by atoms with Gasteiger partial charge >= 0.3 is 5.97 Å². The van der Waals surface area contributed by atoms with Gasteiger partial charge in [-0.3, -0.25) is 9.59 Å². The normalized spacial score (nSPS) is 21.0. The van der Waals surface area contributed by atoms with Gasteiger partial charge in [-0.2, -0.15) is 0 Å². The maximum absolute atomic E-state index is 13.7. The molecule has 1 aliphatic heterocycles. The molecule has 2 amide bonds. The second-order valence-corrected chi connectivity index (χ2v) is 9.77. The van der Waals surface area contributed by atoms with Gasteiger partial charge in [-0.05, 0) is 43.9 Å². The summed E-state index contributed by atoms with van der Waals surface area (Å²) in [5.74, 6) is -1.26. The van der Waals surface area contributed by atoms with Crippen LogP contribution in [0.2, 0.25) is 5.02 Å². The summed E-state index contributed by atoms with van der Waals surface area (Å²) in [4.78, 5) is 45.3. The van der Waals surface area contributed by atoms with E-state index in [0.29, 0.717) is 18.0 Å². The van der Waals surface area contributed by atoms with Gasteiger partial charge in [0.25, 0.3) is 5.91 Å². The highest BCUT2D eigenvalue weighted by Crippen LogP contribution is 2.30. The van der Waals surface area contributed by atoms with Crippen LogP contribution in [0.5, 0.6) is 0 Å². The molecule has 34 heavy (non-hydrogen) atoms. The van der Waals surface area contributed by atoms with E-state index in [-0.39, 0.29) is 29.9 Å². The summed E-state index contributed by atoms with van der Waals surface area (Å²) >= 11 is 6.01. The Balaban J connectivity index is 1.64. The fourth-order valence-corrected chi connectivity index (χ4v) is 5.07. The fraction of sp³-hybridized carbons (Fsp3) is 0.520. The fourth-order valence-electron chi connectivity index (χ4n) is 4.94. The minimum Gasteiger partial charge on any atom is -0.464 e. The summed E-state index contributed by atoms with van der Waals surface area (Å²) in [6.07, 6.45) is 8.43. The predicted octanol–water partition coefficient (Wildman–Crippen LogP) is 3.62. The average molecular weight is 487 g/mol. The lowest BCUT2D eigenvalue weighted by molar-refractivity contribution is -0.133. The zero-order valence-corrected chi connectivity index (χ0v) is 20.4. The Kier molecular flexibility index (Phi) is 7.26. The molecule has 0 saturated heterocycles. The van der Waals surface area contributed by atoms with Gasteiger partial charge in [-0.15, -0.1) is 0 Å². The van der Waals surface area contributed by atoms with Crippen LogP contribution < -0.4 is 5.32 Å². The van der Waals surface area contributed by atoms with E-state index in [2.05, 4.69) is 10.3 Å². The van der Waals surface area contributed by atoms with Gasteiger partial charge in [-0.1, -0.05) is 49.4 Å². The Morgan fingerprint density at radius 1 is 1.18 bits per heavy atom. The van der Waals surface area contributed by atoms with Crippen molar-refractivity contribution in [3.8, 4) is 0 Å². The van der Waals surface area contributed by atoms with Crippen molar-refractivity contribution in [2.24, 2.45) is 0 Å². The Labute approximate surface area is 204 Å². The molecule has 1 saturated carbocycles. The molecule has 8 nitrogen and oxygen atoms in total. The second-order valence-electron chi connectivity index (χ2n) is 9.33. The highest BCUT2D eigenvalue weighted by atomic mass is 35.5. The van der Waals surface area contributed by atoms with Crippen LogP contribution in [0.25, 0.3) is 0 Å². The molecule has 2 heterocycles. The van der Waals surface area contributed by atoms with E-state index in [1.165, 1.54) is 26.3 Å². The molecular weight excluding hydrogens is 456 g/mol. The second kappa shape index (κ2) is 10.2. The molecule has 1 fully saturated rings. The molecule has 4 rings (SSSR count). The van der Waals surface area contributed by atoms with Crippen molar-refractivity contribution in [2.45, 2.75) is 70.0 Å². The van der Waals surface area contributed by atoms with Crippen LogP contribution in [-0.2, 0) is 22.5 Å². The van der Waals surface area contributed by atoms with Crippen LogP contribution in [0.15, 0.2) is 30.6 Å². The Morgan fingerprint density at radius 3 is 2.50 bits per heavy atom. The summed E-state index contributed by atoms with van der Waals surface area (Å²) in [6.45, 7) is 2.30. The van der Waals surface area contributed by atoms with Gasteiger partial charge in [0.15, 0.2) is 5.69 Å². The van der Waals surface area contributed by atoms with E-state index in [9.17, 15) is 14.4 Å². The number of aromatic nitrogens is 2. The molecule has 0 bridgehead atoms. The number of imidazole rings is 1. The first kappa shape index (κ1) is 24.3. The lowest BCUT2D eigenvalue weighted by Crippen LogP contribution is -2.65. The molecule has 182 valence electrons. The number of nitrogens with one attached hydrogen (secondary N) is 1. The largest absolute Gasteiger partial charge is 0.464 e. The number of fused-ring (bicyclic) bond motifs is 1. The molecule has 1 unspecified atom stereocenters. The molecule has 1 N–H and O–H groups in total. The summed E-state index contributed by atoms with van der Waals surface area (Å²) in [7, 11) is 1.25. The van der Waals surface area contributed by atoms with Crippen molar-refractivity contribution in [1.29, 1.82) is 0 Å². The molecule has 1 aliphatic carbocycles. The first-order valence-electron chi connectivity index (χ1n) is 11.8. The van der Waals surface area contributed by atoms with Crippen molar-refractivity contribution < 1.29 is 19.1 Å². The third-order valence-electron chi connectivity index (χ3n) is 6.96. The third-order valence-corrected chi connectivity index (χ3v) is 7.21. The van der Waals surface area contributed by atoms with Gasteiger partial charge in [0.2, 0.25) is 5.91 Å². The molecule has 1 aromatic carbocycles. The van der Waals surface area contributed by atoms with Gasteiger partial charge in [0.1, 0.15) is 11.2 Å². The lowest BCUT2D eigenvalue weighted by Gasteiger charge is -2.44. The summed E-state index contributed by atoms with van der Waals surface area (Å²) in [5, 5.41) is 3.86. The average Bonchev–Trinajstić information content (AvgIpc) is 3.07. The number of halogens is 1. The van der Waals surface area contributed by atoms with E-state index >= 15 is 0 Å². The zero-order valence-electron chi connectivity index (χ0n) is 19.7. The molecular formula is C25H31ClN4O4. The molecule has 9 heteroatoms. The maximum atomic E-state index is 13.7. The minimum absolute atomic E-state index is 0.0322. The number of benzene rings is 1. The SMILES string of the molecule is COC(=O)c1ncn2c1C(=O)N(CCc1ccc(Cl)cc1)C(C)(C(=O)NC1CCCCCC1)C2. The number of rotatable bonds is 6. The van der Waals surface area contributed by atoms with Crippen molar-refractivity contribution in [1.82, 2.24) is 19.8 Å². The smallest absolute Gasteiger partial charge is 0.359 e. The third kappa shape index (κ3) is 4.82. The van der Waals surface area contributed by atoms with Crippen LogP contribution in [0.4, 0.5) is 0 Å². The molecule has 0 radical (unpaired) electrons. The Hall–Kier alpha value is -2.87. The first-order chi connectivity index (χ1) is 16.3. The number of amides is 2. The van der Waals surface area contributed by atoms with Gasteiger partial charge in [0, 0.05) is 17.6 Å². The minimum atomic E-state index is -1.13. The molecule has 2 aliphatic rings. The summed E-state index contributed by atoms with van der Waals surface area (Å²) in [6, 6.07) is 7.53. The predicted molar refractivity (Wildman–Crippen MR) is 128 cm³/mol. The van der Waals surface area contributed by atoms with E-state index in [1.807, 2.05) is 12.1 Å². The summed E-state index contributed by atoms with van der Waals surface area (Å²) in [5.41, 5.74) is -0.00871. The highest BCUT2D eigenvalue weighted by Gasteiger charge is 2.49. The lowest BCUT2D eigenvalue weighted by atomic mass is 9.92. The first-order valence-corrected chi connectivity index (χ1v) is 12.2.